The molecule has 0 heterocycles. The van der Waals surface area contributed by atoms with Gasteiger partial charge in [-0.1, -0.05) is 12.2 Å². The maximum atomic E-state index is 5.32. The third-order valence-electron chi connectivity index (χ3n) is 1.78. The van der Waals surface area contributed by atoms with Gasteiger partial charge in [-0.2, -0.15) is 0 Å². The minimum absolute atomic E-state index is 0.141. The van der Waals surface area contributed by atoms with E-state index in [9.17, 15) is 0 Å². The zero-order valence-corrected chi connectivity index (χ0v) is 8.51. The predicted molar refractivity (Wildman–Crippen MR) is 53.2 cm³/mol. The van der Waals surface area contributed by atoms with Crippen LogP contribution in [-0.4, -0.2) is 33.0 Å². The SMILES string of the molecule is C=C(C)C(CCOCCOC)NN. The average Bonchev–Trinajstić information content (AvgIpc) is 2.10. The van der Waals surface area contributed by atoms with Crippen LogP contribution in [0.2, 0.25) is 0 Å². The molecule has 0 rings (SSSR count). The number of nitrogens with one attached hydrogen (secondary N) is 1. The van der Waals surface area contributed by atoms with Crippen LogP contribution in [0.1, 0.15) is 13.3 Å². The zero-order chi connectivity index (χ0) is 10.1. The highest BCUT2D eigenvalue weighted by atomic mass is 16.5. The quantitative estimate of drug-likeness (QED) is 0.251. The summed E-state index contributed by atoms with van der Waals surface area (Å²) in [5.41, 5.74) is 3.71. The zero-order valence-electron chi connectivity index (χ0n) is 8.51. The Kier molecular flexibility index (Phi) is 7.93. The summed E-state index contributed by atoms with van der Waals surface area (Å²) in [4.78, 5) is 0. The van der Waals surface area contributed by atoms with Gasteiger partial charge in [-0.15, -0.1) is 0 Å². The minimum atomic E-state index is 0.141. The summed E-state index contributed by atoms with van der Waals surface area (Å²) >= 11 is 0. The van der Waals surface area contributed by atoms with E-state index in [4.69, 9.17) is 15.3 Å². The lowest BCUT2D eigenvalue weighted by molar-refractivity contribution is 0.0671. The van der Waals surface area contributed by atoms with Crippen LogP contribution in [0.4, 0.5) is 0 Å². The van der Waals surface area contributed by atoms with Gasteiger partial charge in [0, 0.05) is 19.8 Å². The van der Waals surface area contributed by atoms with E-state index in [1.165, 1.54) is 0 Å². The third kappa shape index (κ3) is 6.72. The molecule has 0 amide bonds. The standard InChI is InChI=1S/C9H20N2O2/c1-8(2)9(11-10)4-5-13-7-6-12-3/h9,11H,1,4-7,10H2,2-3H3. The molecule has 0 radical (unpaired) electrons. The largest absolute Gasteiger partial charge is 0.382 e. The average molecular weight is 188 g/mol. The first-order valence-corrected chi connectivity index (χ1v) is 4.40. The van der Waals surface area contributed by atoms with Crippen LogP contribution in [0.15, 0.2) is 12.2 Å². The normalized spacial score (nSPS) is 12.8. The van der Waals surface area contributed by atoms with Crippen molar-refractivity contribution in [1.82, 2.24) is 5.43 Å². The molecule has 0 aromatic carbocycles. The van der Waals surface area contributed by atoms with Gasteiger partial charge in [-0.25, -0.2) is 0 Å². The van der Waals surface area contributed by atoms with Gasteiger partial charge in [0.05, 0.1) is 13.2 Å². The van der Waals surface area contributed by atoms with E-state index in [1.807, 2.05) is 6.92 Å². The fourth-order valence-electron chi connectivity index (χ4n) is 0.917. The van der Waals surface area contributed by atoms with E-state index < -0.39 is 0 Å². The Labute approximate surface area is 80.1 Å². The first-order chi connectivity index (χ1) is 6.22. The molecular weight excluding hydrogens is 168 g/mol. The molecule has 0 spiro atoms. The Bertz CT molecular complexity index is 140. The molecule has 78 valence electrons. The molecule has 0 aliphatic carbocycles. The van der Waals surface area contributed by atoms with Crippen molar-refractivity contribution in [3.05, 3.63) is 12.2 Å². The van der Waals surface area contributed by atoms with Gasteiger partial charge in [0.15, 0.2) is 0 Å². The number of nitrogens with two attached hydrogens (primary N) is 1. The number of hydrazine groups is 1. The van der Waals surface area contributed by atoms with Crippen molar-refractivity contribution < 1.29 is 9.47 Å². The summed E-state index contributed by atoms with van der Waals surface area (Å²) in [6.45, 7) is 7.70. The van der Waals surface area contributed by atoms with Crippen molar-refractivity contribution in [1.29, 1.82) is 0 Å². The van der Waals surface area contributed by atoms with Crippen molar-refractivity contribution >= 4 is 0 Å². The third-order valence-corrected chi connectivity index (χ3v) is 1.78. The van der Waals surface area contributed by atoms with E-state index in [0.29, 0.717) is 19.8 Å². The maximum absolute atomic E-state index is 5.32. The summed E-state index contributed by atoms with van der Waals surface area (Å²) in [6, 6.07) is 0.141. The fraction of sp³-hybridized carbons (Fsp3) is 0.778. The molecule has 0 saturated carbocycles. The van der Waals surface area contributed by atoms with Gasteiger partial charge in [0.25, 0.3) is 0 Å². The second-order valence-corrected chi connectivity index (χ2v) is 2.96. The van der Waals surface area contributed by atoms with Gasteiger partial charge >= 0.3 is 0 Å². The molecule has 0 bridgehead atoms. The van der Waals surface area contributed by atoms with Crippen LogP contribution < -0.4 is 11.3 Å². The molecule has 1 unspecified atom stereocenters. The van der Waals surface area contributed by atoms with E-state index in [1.54, 1.807) is 7.11 Å². The molecule has 0 aliphatic rings. The lowest BCUT2D eigenvalue weighted by atomic mass is 10.1. The highest BCUT2D eigenvalue weighted by Crippen LogP contribution is 2.01. The predicted octanol–water partition coefficient (Wildman–Crippen LogP) is 0.448. The molecule has 0 aromatic heterocycles. The Balaban J connectivity index is 3.33. The monoisotopic (exact) mass is 188 g/mol. The highest BCUT2D eigenvalue weighted by Gasteiger charge is 2.05. The Morgan fingerprint density at radius 3 is 2.62 bits per heavy atom. The number of hydrogen-bond donors (Lipinski definition) is 2. The number of hydrogen-bond acceptors (Lipinski definition) is 4. The Morgan fingerprint density at radius 2 is 2.15 bits per heavy atom. The van der Waals surface area contributed by atoms with Gasteiger partial charge < -0.3 is 9.47 Å². The van der Waals surface area contributed by atoms with Crippen LogP contribution in [0.25, 0.3) is 0 Å². The van der Waals surface area contributed by atoms with E-state index in [0.717, 1.165) is 12.0 Å². The minimum Gasteiger partial charge on any atom is -0.382 e. The summed E-state index contributed by atoms with van der Waals surface area (Å²) in [5.74, 6) is 5.32. The van der Waals surface area contributed by atoms with Crippen LogP contribution in [-0.2, 0) is 9.47 Å². The molecule has 1 atom stereocenters. The van der Waals surface area contributed by atoms with Crippen molar-refractivity contribution in [2.75, 3.05) is 26.9 Å². The van der Waals surface area contributed by atoms with Crippen molar-refractivity contribution in [3.8, 4) is 0 Å². The van der Waals surface area contributed by atoms with Gasteiger partial charge in [-0.3, -0.25) is 11.3 Å². The molecular formula is C9H20N2O2. The number of ether oxygens (including phenoxy) is 2. The fourth-order valence-corrected chi connectivity index (χ4v) is 0.917. The summed E-state index contributed by atoms with van der Waals surface area (Å²) < 4.78 is 10.1. The van der Waals surface area contributed by atoms with E-state index in [2.05, 4.69) is 12.0 Å². The molecule has 4 nitrogen and oxygen atoms in total. The summed E-state index contributed by atoms with van der Waals surface area (Å²) in [7, 11) is 1.65. The van der Waals surface area contributed by atoms with E-state index in [-0.39, 0.29) is 6.04 Å². The van der Waals surface area contributed by atoms with Gasteiger partial charge in [0.2, 0.25) is 0 Å². The first-order valence-electron chi connectivity index (χ1n) is 4.40. The van der Waals surface area contributed by atoms with Crippen molar-refractivity contribution in [2.45, 2.75) is 19.4 Å². The Hall–Kier alpha value is -0.420. The molecule has 0 fully saturated rings. The molecule has 0 aliphatic heterocycles. The molecule has 13 heavy (non-hydrogen) atoms. The smallest absolute Gasteiger partial charge is 0.0700 e. The summed E-state index contributed by atoms with van der Waals surface area (Å²) in [5, 5.41) is 0. The van der Waals surface area contributed by atoms with Crippen LogP contribution >= 0.6 is 0 Å². The second-order valence-electron chi connectivity index (χ2n) is 2.96. The van der Waals surface area contributed by atoms with Crippen molar-refractivity contribution in [2.24, 2.45) is 5.84 Å². The molecule has 4 heteroatoms. The first kappa shape index (κ1) is 12.6. The summed E-state index contributed by atoms with van der Waals surface area (Å²) in [6.07, 6.45) is 0.843. The van der Waals surface area contributed by atoms with Crippen LogP contribution in [0, 0.1) is 0 Å². The van der Waals surface area contributed by atoms with Gasteiger partial charge in [0.1, 0.15) is 0 Å². The molecule has 0 saturated heterocycles. The van der Waals surface area contributed by atoms with Gasteiger partial charge in [-0.05, 0) is 13.3 Å². The second kappa shape index (κ2) is 8.19. The van der Waals surface area contributed by atoms with Crippen LogP contribution in [0.5, 0.6) is 0 Å². The Morgan fingerprint density at radius 1 is 1.46 bits per heavy atom. The highest BCUT2D eigenvalue weighted by molar-refractivity contribution is 5.00. The molecule has 0 aromatic rings. The lowest BCUT2D eigenvalue weighted by Gasteiger charge is -2.15. The maximum Gasteiger partial charge on any atom is 0.0700 e. The molecule has 3 N–H and O–H groups in total. The van der Waals surface area contributed by atoms with Crippen molar-refractivity contribution in [3.63, 3.8) is 0 Å². The topological polar surface area (TPSA) is 56.5 Å². The van der Waals surface area contributed by atoms with E-state index >= 15 is 0 Å². The number of rotatable bonds is 8. The lowest BCUT2D eigenvalue weighted by Crippen LogP contribution is -2.36. The van der Waals surface area contributed by atoms with Crippen LogP contribution in [0.3, 0.4) is 0 Å². The number of methoxy groups -OCH3 is 1.